The van der Waals surface area contributed by atoms with Gasteiger partial charge in [0.2, 0.25) is 0 Å². The second kappa shape index (κ2) is 17.6. The Balaban J connectivity index is 1.09. The third-order valence-corrected chi connectivity index (χ3v) is 14.2. The first-order valence-corrected chi connectivity index (χ1v) is 23.5. The summed E-state index contributed by atoms with van der Waals surface area (Å²) in [6, 6.07) is 81.7. The van der Waals surface area contributed by atoms with E-state index in [-0.39, 0.29) is 16.2 Å². The number of fused-ring (bicyclic) bond motifs is 1. The van der Waals surface area contributed by atoms with E-state index in [9.17, 15) is 0 Å². The minimum atomic E-state index is -0.379. The van der Waals surface area contributed by atoms with Crippen molar-refractivity contribution in [3.63, 3.8) is 0 Å². The molecule has 10 rings (SSSR count). The van der Waals surface area contributed by atoms with Crippen LogP contribution in [-0.4, -0.2) is 11.7 Å². The summed E-state index contributed by atoms with van der Waals surface area (Å²) in [7, 11) is 0. The maximum atomic E-state index is 4.81. The number of rotatable bonds is 12. The van der Waals surface area contributed by atoms with Crippen LogP contribution in [0.3, 0.4) is 0 Å². The molecule has 2 heterocycles. The molecule has 0 N–H and O–H groups in total. The molecular weight excluding hydrogens is 813 g/mol. The Hall–Kier alpha value is -7.69. The van der Waals surface area contributed by atoms with Gasteiger partial charge in [-0.3, -0.25) is 4.90 Å². The van der Waals surface area contributed by atoms with E-state index in [4.69, 9.17) is 4.98 Å². The summed E-state index contributed by atoms with van der Waals surface area (Å²) in [6.07, 6.45) is 1.86. The molecule has 0 aliphatic carbocycles. The van der Waals surface area contributed by atoms with Gasteiger partial charge in [-0.15, -0.1) is 0 Å². The largest absolute Gasteiger partial charge is 0.321 e. The monoisotopic (exact) mass is 870 g/mol. The highest BCUT2D eigenvalue weighted by Crippen LogP contribution is 2.49. The molecule has 0 radical (unpaired) electrons. The summed E-state index contributed by atoms with van der Waals surface area (Å²) in [6.45, 7) is 14.8. The fraction of sp³-hybridized carbons (Fsp3) is 0.159. The van der Waals surface area contributed by atoms with Crippen molar-refractivity contribution in [2.75, 3.05) is 21.4 Å². The maximum Gasteiger partial charge on any atom is 0.137 e. The standard InChI is InChI=1S/C63H58N4/c1-61(2,48-26-13-8-14-27-48)52-40-53(62(3,4)49-28-15-9-16-29-49)44-57(43-52)66-45-65(58-34-19-20-35-59(58)66)56-39-47(46-24-11-7-12-25-46)38-51(42-56)63(5,6)50-30-23-33-55(41-50)67(54-31-17-10-18-32-54)60-36-21-22-37-64-60/h7-44H,45H2,1-6H3. The van der Waals surface area contributed by atoms with Crippen molar-refractivity contribution < 1.29 is 0 Å². The van der Waals surface area contributed by atoms with Crippen molar-refractivity contribution in [1.82, 2.24) is 4.98 Å². The Morgan fingerprint density at radius 1 is 0.358 bits per heavy atom. The minimum Gasteiger partial charge on any atom is -0.321 e. The number of pyridine rings is 1. The molecule has 0 amide bonds. The molecule has 0 fully saturated rings. The van der Waals surface area contributed by atoms with Crippen LogP contribution in [0.5, 0.6) is 0 Å². The smallest absolute Gasteiger partial charge is 0.137 e. The van der Waals surface area contributed by atoms with Crippen LogP contribution in [0.4, 0.5) is 39.9 Å². The van der Waals surface area contributed by atoms with E-state index >= 15 is 0 Å². The van der Waals surface area contributed by atoms with Gasteiger partial charge in [0, 0.05) is 45.2 Å². The van der Waals surface area contributed by atoms with Crippen LogP contribution in [0.1, 0.15) is 74.9 Å². The van der Waals surface area contributed by atoms with E-state index < -0.39 is 0 Å². The molecule has 1 aliphatic heterocycles. The van der Waals surface area contributed by atoms with Crippen molar-refractivity contribution in [3.05, 3.63) is 264 Å². The summed E-state index contributed by atoms with van der Waals surface area (Å²) in [5.41, 5.74) is 16.0. The highest BCUT2D eigenvalue weighted by atomic mass is 15.4. The topological polar surface area (TPSA) is 22.6 Å². The predicted molar refractivity (Wildman–Crippen MR) is 282 cm³/mol. The van der Waals surface area contributed by atoms with Crippen LogP contribution < -0.4 is 14.7 Å². The number of nitrogens with zero attached hydrogens (tertiary/aromatic N) is 4. The normalized spacial score (nSPS) is 12.8. The third kappa shape index (κ3) is 8.29. The number of hydrogen-bond acceptors (Lipinski definition) is 4. The number of anilines is 7. The summed E-state index contributed by atoms with van der Waals surface area (Å²) < 4.78 is 0. The highest BCUT2D eigenvalue weighted by Gasteiger charge is 2.34. The number of benzene rings is 8. The summed E-state index contributed by atoms with van der Waals surface area (Å²) in [4.78, 5) is 12.1. The quantitative estimate of drug-likeness (QED) is 0.122. The number of hydrogen-bond donors (Lipinski definition) is 0. The van der Waals surface area contributed by atoms with Crippen LogP contribution in [0.2, 0.25) is 0 Å². The van der Waals surface area contributed by atoms with Crippen LogP contribution in [0.15, 0.2) is 231 Å². The molecule has 1 aliphatic rings. The fourth-order valence-electron chi connectivity index (χ4n) is 9.79. The van der Waals surface area contributed by atoms with E-state index in [0.717, 1.165) is 22.9 Å². The lowest BCUT2D eigenvalue weighted by Crippen LogP contribution is -2.27. The predicted octanol–water partition coefficient (Wildman–Crippen LogP) is 16.4. The van der Waals surface area contributed by atoms with Crippen molar-refractivity contribution in [2.45, 2.75) is 57.8 Å². The van der Waals surface area contributed by atoms with Gasteiger partial charge in [-0.05, 0) is 117 Å². The molecule has 8 aromatic carbocycles. The molecule has 0 saturated heterocycles. The van der Waals surface area contributed by atoms with E-state index in [0.29, 0.717) is 6.67 Å². The molecule has 1 aromatic heterocycles. The van der Waals surface area contributed by atoms with Gasteiger partial charge in [0.25, 0.3) is 0 Å². The molecular formula is C63H58N4. The average molecular weight is 871 g/mol. The molecule has 0 atom stereocenters. The van der Waals surface area contributed by atoms with Crippen molar-refractivity contribution in [2.24, 2.45) is 0 Å². The lowest BCUT2D eigenvalue weighted by Gasteiger charge is -2.33. The van der Waals surface area contributed by atoms with Crippen LogP contribution in [-0.2, 0) is 16.2 Å². The number of aromatic nitrogens is 1. The van der Waals surface area contributed by atoms with Crippen molar-refractivity contribution in [3.8, 4) is 11.1 Å². The first-order valence-electron chi connectivity index (χ1n) is 23.5. The summed E-state index contributed by atoms with van der Waals surface area (Å²) in [5, 5.41) is 0. The van der Waals surface area contributed by atoms with Gasteiger partial charge in [-0.1, -0.05) is 193 Å². The first-order chi connectivity index (χ1) is 32.5. The maximum absolute atomic E-state index is 4.81. The molecule has 4 nitrogen and oxygen atoms in total. The van der Waals surface area contributed by atoms with Gasteiger partial charge < -0.3 is 9.80 Å². The first kappa shape index (κ1) is 43.2. The molecule has 67 heavy (non-hydrogen) atoms. The average Bonchev–Trinajstić information content (AvgIpc) is 3.78. The Morgan fingerprint density at radius 3 is 1.36 bits per heavy atom. The molecule has 9 aromatic rings. The molecule has 0 spiro atoms. The molecule has 0 unspecified atom stereocenters. The Labute approximate surface area is 397 Å². The molecule has 330 valence electrons. The van der Waals surface area contributed by atoms with Crippen LogP contribution in [0, 0.1) is 0 Å². The minimum absolute atomic E-state index is 0.241. The van der Waals surface area contributed by atoms with Crippen LogP contribution in [0.25, 0.3) is 11.1 Å². The zero-order valence-corrected chi connectivity index (χ0v) is 39.4. The molecule has 0 bridgehead atoms. The summed E-state index contributed by atoms with van der Waals surface area (Å²) in [5.74, 6) is 0.874. The third-order valence-electron chi connectivity index (χ3n) is 14.2. The van der Waals surface area contributed by atoms with E-state index in [2.05, 4.69) is 269 Å². The van der Waals surface area contributed by atoms with Crippen LogP contribution >= 0.6 is 0 Å². The molecule has 4 heteroatoms. The van der Waals surface area contributed by atoms with Gasteiger partial charge >= 0.3 is 0 Å². The second-order valence-corrected chi connectivity index (χ2v) is 19.4. The van der Waals surface area contributed by atoms with E-state index in [1.165, 1.54) is 61.6 Å². The van der Waals surface area contributed by atoms with Gasteiger partial charge in [-0.2, -0.15) is 0 Å². The van der Waals surface area contributed by atoms with Gasteiger partial charge in [0.1, 0.15) is 12.5 Å². The SMILES string of the molecule is CC(C)(c1cc(-c2ccccc2)cc(N2CN(c3cc(C(C)(C)c4ccccc4)cc(C(C)(C)c4ccccc4)c3)c3ccccc32)c1)c1cccc(N(c2ccccc2)c2ccccn2)c1. The Bertz CT molecular complexity index is 3020. The lowest BCUT2D eigenvalue weighted by atomic mass is 9.73. The Morgan fingerprint density at radius 2 is 0.806 bits per heavy atom. The van der Waals surface area contributed by atoms with Crippen molar-refractivity contribution in [1.29, 1.82) is 0 Å². The van der Waals surface area contributed by atoms with E-state index in [1.807, 2.05) is 18.3 Å². The zero-order chi connectivity index (χ0) is 46.2. The van der Waals surface area contributed by atoms with Gasteiger partial charge in [0.05, 0.1) is 11.4 Å². The van der Waals surface area contributed by atoms with E-state index in [1.54, 1.807) is 0 Å². The lowest BCUT2D eigenvalue weighted by molar-refractivity contribution is 0.617. The molecule has 0 saturated carbocycles. The fourth-order valence-corrected chi connectivity index (χ4v) is 9.79. The Kier molecular flexibility index (Phi) is 11.4. The highest BCUT2D eigenvalue weighted by molar-refractivity contribution is 5.88. The second-order valence-electron chi connectivity index (χ2n) is 19.4. The van der Waals surface area contributed by atoms with Gasteiger partial charge in [0.15, 0.2) is 0 Å². The zero-order valence-electron chi connectivity index (χ0n) is 39.4. The van der Waals surface area contributed by atoms with Gasteiger partial charge in [-0.25, -0.2) is 4.98 Å². The summed E-state index contributed by atoms with van der Waals surface area (Å²) >= 11 is 0. The van der Waals surface area contributed by atoms with Crippen molar-refractivity contribution >= 4 is 39.9 Å². The number of para-hydroxylation sites is 3.